The minimum absolute atomic E-state index is 0.205. The third kappa shape index (κ3) is 12.5. The van der Waals surface area contributed by atoms with E-state index in [1.165, 1.54) is 25.3 Å². The average molecular weight is 459 g/mol. The molecule has 0 amide bonds. The van der Waals surface area contributed by atoms with Crippen molar-refractivity contribution in [3.63, 3.8) is 0 Å². The van der Waals surface area contributed by atoms with Crippen molar-refractivity contribution < 1.29 is 4.39 Å². The number of anilines is 2. The molecule has 0 fully saturated rings. The fourth-order valence-electron chi connectivity index (χ4n) is 3.18. The van der Waals surface area contributed by atoms with Gasteiger partial charge in [-0.25, -0.2) is 4.39 Å². The zero-order chi connectivity index (χ0) is 26.0. The molecule has 0 spiro atoms. The lowest BCUT2D eigenvalue weighted by Crippen LogP contribution is -2.03. The van der Waals surface area contributed by atoms with Gasteiger partial charge in [0.1, 0.15) is 5.82 Å². The minimum atomic E-state index is -0.205. The lowest BCUT2D eigenvalue weighted by molar-refractivity contribution is 0.487. The maximum Gasteiger partial charge on any atom is 0.128 e. The molecule has 0 saturated carbocycles. The van der Waals surface area contributed by atoms with E-state index in [0.717, 1.165) is 40.9 Å². The van der Waals surface area contributed by atoms with Crippen LogP contribution in [0.2, 0.25) is 0 Å². The van der Waals surface area contributed by atoms with Gasteiger partial charge in [-0.2, -0.15) is 0 Å². The average Bonchev–Trinajstić information content (AvgIpc) is 2.80. The Morgan fingerprint density at radius 2 is 1.58 bits per heavy atom. The van der Waals surface area contributed by atoms with Gasteiger partial charge in [-0.3, -0.25) is 0 Å². The topological polar surface area (TPSA) is 38.0 Å². The Hall–Kier alpha value is -2.29. The maximum absolute atomic E-state index is 14.0. The molecule has 0 saturated heterocycles. The molecule has 0 bridgehead atoms. The molecule has 0 aliphatic rings. The van der Waals surface area contributed by atoms with Crippen LogP contribution in [0.25, 0.3) is 5.70 Å². The predicted molar refractivity (Wildman–Crippen MR) is 150 cm³/mol. The SMILES string of the molecule is C=C(Nc1cc(C)c(C)c(F)c1)c1ccc(N)c(CCC(C)CCC)c1.CC.CC.CCC. The van der Waals surface area contributed by atoms with Gasteiger partial charge in [0.25, 0.3) is 0 Å². The molecule has 33 heavy (non-hydrogen) atoms. The van der Waals surface area contributed by atoms with Gasteiger partial charge in [-0.1, -0.05) is 87.3 Å². The Kier molecular flexibility index (Phi) is 19.1. The van der Waals surface area contributed by atoms with E-state index in [4.69, 9.17) is 5.73 Å². The summed E-state index contributed by atoms with van der Waals surface area (Å²) >= 11 is 0. The van der Waals surface area contributed by atoms with Gasteiger partial charge < -0.3 is 11.1 Å². The second-order valence-electron chi connectivity index (χ2n) is 8.06. The molecule has 188 valence electrons. The number of benzene rings is 2. The molecule has 2 aromatic rings. The zero-order valence-corrected chi connectivity index (χ0v) is 23.2. The number of nitrogens with one attached hydrogen (secondary N) is 1. The van der Waals surface area contributed by atoms with Gasteiger partial charge >= 0.3 is 0 Å². The van der Waals surface area contributed by atoms with Crippen LogP contribution < -0.4 is 11.1 Å². The van der Waals surface area contributed by atoms with Crippen LogP contribution in [-0.2, 0) is 6.42 Å². The Labute approximate surface area is 204 Å². The van der Waals surface area contributed by atoms with Gasteiger partial charge in [0.05, 0.1) is 0 Å². The lowest BCUT2D eigenvalue weighted by Gasteiger charge is -2.15. The Morgan fingerprint density at radius 1 is 1.00 bits per heavy atom. The zero-order valence-electron chi connectivity index (χ0n) is 23.2. The van der Waals surface area contributed by atoms with Gasteiger partial charge in [0.15, 0.2) is 0 Å². The van der Waals surface area contributed by atoms with E-state index in [-0.39, 0.29) is 5.82 Å². The van der Waals surface area contributed by atoms with Crippen molar-refractivity contribution in [2.45, 2.75) is 101 Å². The second kappa shape index (κ2) is 19.2. The third-order valence-electron chi connectivity index (χ3n) is 5.08. The summed E-state index contributed by atoms with van der Waals surface area (Å²) in [6.45, 7) is 24.6. The molecule has 0 aliphatic heterocycles. The smallest absolute Gasteiger partial charge is 0.128 e. The Bertz CT molecular complexity index is 773. The first-order chi connectivity index (χ1) is 15.7. The fraction of sp³-hybridized carbons (Fsp3) is 0.533. The van der Waals surface area contributed by atoms with Crippen LogP contribution >= 0.6 is 0 Å². The van der Waals surface area contributed by atoms with Crippen molar-refractivity contribution in [2.75, 3.05) is 11.1 Å². The summed E-state index contributed by atoms with van der Waals surface area (Å²) in [5.41, 5.74) is 12.2. The van der Waals surface area contributed by atoms with Crippen molar-refractivity contribution >= 4 is 17.1 Å². The van der Waals surface area contributed by atoms with E-state index >= 15 is 0 Å². The van der Waals surface area contributed by atoms with Crippen LogP contribution in [0, 0.1) is 25.6 Å². The summed E-state index contributed by atoms with van der Waals surface area (Å²) in [5.74, 6) is 0.492. The number of hydrogen-bond donors (Lipinski definition) is 2. The number of halogens is 1. The van der Waals surface area contributed by atoms with Crippen molar-refractivity contribution in [3.8, 4) is 0 Å². The van der Waals surface area contributed by atoms with Crippen molar-refractivity contribution in [3.05, 3.63) is 65.0 Å². The van der Waals surface area contributed by atoms with E-state index < -0.39 is 0 Å². The highest BCUT2D eigenvalue weighted by atomic mass is 19.1. The van der Waals surface area contributed by atoms with Crippen LogP contribution in [0.5, 0.6) is 0 Å². The predicted octanol–water partition coefficient (Wildman–Crippen LogP) is 9.95. The molecular weight excluding hydrogens is 407 g/mol. The molecule has 0 aromatic heterocycles. The highest BCUT2D eigenvalue weighted by Gasteiger charge is 2.09. The number of hydrogen-bond acceptors (Lipinski definition) is 2. The highest BCUT2D eigenvalue weighted by Crippen LogP contribution is 2.25. The molecule has 1 atom stereocenters. The highest BCUT2D eigenvalue weighted by molar-refractivity contribution is 5.77. The van der Waals surface area contributed by atoms with Gasteiger partial charge in [-0.05, 0) is 79.1 Å². The molecule has 2 rings (SSSR count). The van der Waals surface area contributed by atoms with Crippen molar-refractivity contribution in [2.24, 2.45) is 5.92 Å². The maximum atomic E-state index is 14.0. The summed E-state index contributed by atoms with van der Waals surface area (Å²) in [4.78, 5) is 0. The Morgan fingerprint density at radius 3 is 2.09 bits per heavy atom. The summed E-state index contributed by atoms with van der Waals surface area (Å²) < 4.78 is 14.0. The molecule has 2 nitrogen and oxygen atoms in total. The quantitative estimate of drug-likeness (QED) is 0.386. The van der Waals surface area contributed by atoms with Crippen LogP contribution in [0.4, 0.5) is 15.8 Å². The fourth-order valence-corrected chi connectivity index (χ4v) is 3.18. The van der Waals surface area contributed by atoms with Gasteiger partial charge in [0.2, 0.25) is 0 Å². The third-order valence-corrected chi connectivity index (χ3v) is 5.08. The number of aryl methyl sites for hydroxylation is 2. The van der Waals surface area contributed by atoms with Gasteiger partial charge in [-0.15, -0.1) is 0 Å². The molecule has 3 heteroatoms. The molecule has 3 N–H and O–H groups in total. The van der Waals surface area contributed by atoms with E-state index in [1.54, 1.807) is 6.92 Å². The van der Waals surface area contributed by atoms with E-state index in [2.05, 4.69) is 45.7 Å². The van der Waals surface area contributed by atoms with E-state index in [1.807, 2.05) is 52.8 Å². The van der Waals surface area contributed by atoms with Crippen molar-refractivity contribution in [1.29, 1.82) is 0 Å². The van der Waals surface area contributed by atoms with Crippen LogP contribution in [0.15, 0.2) is 36.9 Å². The first-order valence-electron chi connectivity index (χ1n) is 12.8. The first kappa shape index (κ1) is 32.9. The largest absolute Gasteiger partial charge is 0.399 e. The van der Waals surface area contributed by atoms with E-state index in [9.17, 15) is 4.39 Å². The van der Waals surface area contributed by atoms with Crippen molar-refractivity contribution in [1.82, 2.24) is 0 Å². The molecular formula is C30H51FN2. The molecule has 0 aliphatic carbocycles. The minimum Gasteiger partial charge on any atom is -0.399 e. The lowest BCUT2D eigenvalue weighted by atomic mass is 9.95. The normalized spacial score (nSPS) is 10.4. The molecule has 1 unspecified atom stereocenters. The number of nitrogen functional groups attached to an aromatic ring is 1. The standard InChI is InChI=1S/C23H31FN2.C3H8.2C2H6/c1-6-7-15(2)8-9-20-13-19(10-11-23(20)25)18(5)26-21-12-16(3)17(4)22(24)14-21;1-3-2;2*1-2/h10-15,26H,5-9,25H2,1-4H3;3H2,1-2H3;2*1-2H3. The molecule has 0 radical (unpaired) electrons. The molecule has 2 aromatic carbocycles. The number of nitrogens with two attached hydrogens (primary N) is 1. The summed E-state index contributed by atoms with van der Waals surface area (Å²) in [7, 11) is 0. The second-order valence-corrected chi connectivity index (χ2v) is 8.06. The van der Waals surface area contributed by atoms with E-state index in [0.29, 0.717) is 17.2 Å². The first-order valence-corrected chi connectivity index (χ1v) is 12.8. The van der Waals surface area contributed by atoms with Gasteiger partial charge in [0, 0.05) is 17.1 Å². The van der Waals surface area contributed by atoms with Crippen LogP contribution in [-0.4, -0.2) is 0 Å². The summed E-state index contributed by atoms with van der Waals surface area (Å²) in [5, 5.41) is 3.22. The van der Waals surface area contributed by atoms with Crippen LogP contribution in [0.1, 0.15) is 103 Å². The van der Waals surface area contributed by atoms with Crippen LogP contribution in [0.3, 0.4) is 0 Å². The number of rotatable bonds is 8. The summed E-state index contributed by atoms with van der Waals surface area (Å²) in [6.07, 6.45) is 5.80. The Balaban J connectivity index is 0. The monoisotopic (exact) mass is 458 g/mol. The molecule has 0 heterocycles. The summed E-state index contributed by atoms with van der Waals surface area (Å²) in [6, 6.07) is 9.44.